The van der Waals surface area contributed by atoms with Gasteiger partial charge in [-0.1, -0.05) is 0 Å². The zero-order chi connectivity index (χ0) is 15.1. The van der Waals surface area contributed by atoms with Gasteiger partial charge in [0.25, 0.3) is 11.6 Å². The maximum absolute atomic E-state index is 12.6. The lowest BCUT2D eigenvalue weighted by molar-refractivity contribution is -0.384. The Balaban J connectivity index is 1.88. The minimum atomic E-state index is -0.613. The maximum atomic E-state index is 12.6. The molecule has 0 bridgehead atoms. The predicted octanol–water partition coefficient (Wildman–Crippen LogP) is 0.136. The topological polar surface area (TPSA) is 101 Å². The number of nitrogens with zero attached hydrogens (tertiary/aromatic N) is 3. The quantitative estimate of drug-likeness (QED) is 0.607. The van der Waals surface area contributed by atoms with E-state index >= 15 is 0 Å². The number of amides is 1. The molecule has 21 heavy (non-hydrogen) atoms. The summed E-state index contributed by atoms with van der Waals surface area (Å²) < 4.78 is 1.70. The second-order valence-electron chi connectivity index (χ2n) is 5.69. The van der Waals surface area contributed by atoms with Crippen LogP contribution in [0, 0.1) is 10.1 Å². The Bertz CT molecular complexity index is 581. The number of hydrogen-bond donors (Lipinski definition) is 2. The third-order valence-corrected chi connectivity index (χ3v) is 4.17. The van der Waals surface area contributed by atoms with E-state index in [4.69, 9.17) is 0 Å². The molecule has 114 valence electrons. The molecular formula is C13H18N4O4. The van der Waals surface area contributed by atoms with Crippen molar-refractivity contribution in [3.8, 4) is 0 Å². The van der Waals surface area contributed by atoms with Crippen LogP contribution < -0.4 is 5.32 Å². The highest BCUT2D eigenvalue weighted by Crippen LogP contribution is 2.38. The average molecular weight is 294 g/mol. The SMILES string of the molecule is CN(C(=O)c1cc([N+](=O)[O-])cn1C1CC1)[C@@H]1CNC[C@H]1O. The minimum absolute atomic E-state index is 0.0660. The van der Waals surface area contributed by atoms with Crippen molar-refractivity contribution in [1.29, 1.82) is 0 Å². The lowest BCUT2D eigenvalue weighted by atomic mass is 10.2. The van der Waals surface area contributed by atoms with Crippen molar-refractivity contribution < 1.29 is 14.8 Å². The van der Waals surface area contributed by atoms with E-state index in [1.165, 1.54) is 17.2 Å². The average Bonchev–Trinajstić information content (AvgIpc) is 3.05. The smallest absolute Gasteiger partial charge is 0.287 e. The van der Waals surface area contributed by atoms with E-state index in [-0.39, 0.29) is 23.7 Å². The molecular weight excluding hydrogens is 276 g/mol. The fourth-order valence-electron chi connectivity index (χ4n) is 2.77. The van der Waals surface area contributed by atoms with E-state index < -0.39 is 11.0 Å². The lowest BCUT2D eigenvalue weighted by Crippen LogP contribution is -2.44. The van der Waals surface area contributed by atoms with Crippen LogP contribution in [0.1, 0.15) is 29.4 Å². The minimum Gasteiger partial charge on any atom is -0.390 e. The molecule has 8 heteroatoms. The maximum Gasteiger partial charge on any atom is 0.287 e. The van der Waals surface area contributed by atoms with Crippen LogP contribution in [0.2, 0.25) is 0 Å². The summed E-state index contributed by atoms with van der Waals surface area (Å²) in [5.74, 6) is -0.289. The van der Waals surface area contributed by atoms with Gasteiger partial charge in [-0.05, 0) is 12.8 Å². The van der Waals surface area contributed by atoms with E-state index in [1.54, 1.807) is 11.6 Å². The monoisotopic (exact) mass is 294 g/mol. The Hall–Kier alpha value is -1.93. The third-order valence-electron chi connectivity index (χ3n) is 4.17. The van der Waals surface area contributed by atoms with Gasteiger partial charge in [-0.25, -0.2) is 0 Å². The van der Waals surface area contributed by atoms with Crippen molar-refractivity contribution in [2.24, 2.45) is 0 Å². The van der Waals surface area contributed by atoms with E-state index in [0.717, 1.165) is 12.8 Å². The summed E-state index contributed by atoms with van der Waals surface area (Å²) in [7, 11) is 1.62. The Morgan fingerprint density at radius 3 is 2.76 bits per heavy atom. The standard InChI is InChI=1S/C13H18N4O4/c1-15(11-5-14-6-12(11)18)13(19)10-4-9(17(20)21)7-16(10)8-2-3-8/h4,7-8,11-12,14,18H,2-3,5-6H2,1H3/t11-,12-/m1/s1. The largest absolute Gasteiger partial charge is 0.390 e. The molecule has 2 heterocycles. The summed E-state index contributed by atoms with van der Waals surface area (Å²) in [6.07, 6.45) is 2.69. The second-order valence-corrected chi connectivity index (χ2v) is 5.69. The first-order valence-corrected chi connectivity index (χ1v) is 7.01. The van der Waals surface area contributed by atoms with Crippen LogP contribution >= 0.6 is 0 Å². The van der Waals surface area contributed by atoms with Crippen molar-refractivity contribution in [2.45, 2.75) is 31.0 Å². The molecule has 0 unspecified atom stereocenters. The number of aliphatic hydroxyl groups is 1. The van der Waals surface area contributed by atoms with Crippen molar-refractivity contribution in [2.75, 3.05) is 20.1 Å². The van der Waals surface area contributed by atoms with Gasteiger partial charge in [0.1, 0.15) is 5.69 Å². The molecule has 1 amide bonds. The Morgan fingerprint density at radius 2 is 2.24 bits per heavy atom. The molecule has 1 aliphatic heterocycles. The van der Waals surface area contributed by atoms with Gasteiger partial charge in [-0.2, -0.15) is 0 Å². The number of nitro groups is 1. The first-order valence-electron chi connectivity index (χ1n) is 7.01. The molecule has 2 aliphatic rings. The molecule has 1 saturated heterocycles. The first kappa shape index (κ1) is 14.0. The number of carbonyl (C=O) groups is 1. The molecule has 2 fully saturated rings. The number of aliphatic hydroxyl groups excluding tert-OH is 1. The van der Waals surface area contributed by atoms with Crippen LogP contribution in [0.3, 0.4) is 0 Å². The Morgan fingerprint density at radius 1 is 1.52 bits per heavy atom. The van der Waals surface area contributed by atoms with E-state index in [1.807, 2.05) is 0 Å². The van der Waals surface area contributed by atoms with E-state index in [9.17, 15) is 20.0 Å². The van der Waals surface area contributed by atoms with Crippen molar-refractivity contribution in [3.05, 3.63) is 28.1 Å². The number of nitrogens with one attached hydrogen (secondary N) is 1. The summed E-state index contributed by atoms with van der Waals surface area (Å²) in [6.45, 7) is 0.974. The Kier molecular flexibility index (Phi) is 3.42. The zero-order valence-electron chi connectivity index (χ0n) is 11.7. The summed E-state index contributed by atoms with van der Waals surface area (Å²) in [4.78, 5) is 24.5. The van der Waals surface area contributed by atoms with Crippen molar-refractivity contribution >= 4 is 11.6 Å². The highest BCUT2D eigenvalue weighted by atomic mass is 16.6. The Labute approximate surface area is 121 Å². The molecule has 3 rings (SSSR count). The van der Waals surface area contributed by atoms with Gasteiger partial charge in [-0.3, -0.25) is 14.9 Å². The molecule has 1 aromatic rings. The van der Waals surface area contributed by atoms with Gasteiger partial charge in [-0.15, -0.1) is 0 Å². The van der Waals surface area contributed by atoms with Gasteiger partial charge < -0.3 is 19.9 Å². The molecule has 0 aromatic carbocycles. The highest BCUT2D eigenvalue weighted by molar-refractivity contribution is 5.93. The molecule has 2 atom stereocenters. The fraction of sp³-hybridized carbons (Fsp3) is 0.615. The van der Waals surface area contributed by atoms with Gasteiger partial charge in [0.2, 0.25) is 0 Å². The second kappa shape index (κ2) is 5.12. The van der Waals surface area contributed by atoms with Crippen LogP contribution in [-0.2, 0) is 0 Å². The number of rotatable bonds is 4. The highest BCUT2D eigenvalue weighted by Gasteiger charge is 2.35. The third kappa shape index (κ3) is 2.52. The number of carbonyl (C=O) groups excluding carboxylic acids is 1. The van der Waals surface area contributed by atoms with Gasteiger partial charge >= 0.3 is 0 Å². The first-order chi connectivity index (χ1) is 9.99. The number of β-amino-alcohol motifs (C(OH)–C–C–N with tert-alkyl or cyclic N) is 1. The summed E-state index contributed by atoms with van der Waals surface area (Å²) >= 11 is 0. The molecule has 8 nitrogen and oxygen atoms in total. The molecule has 1 aromatic heterocycles. The predicted molar refractivity (Wildman–Crippen MR) is 74.1 cm³/mol. The molecule has 1 aliphatic carbocycles. The van der Waals surface area contributed by atoms with Crippen LogP contribution in [-0.4, -0.2) is 57.7 Å². The van der Waals surface area contributed by atoms with E-state index in [2.05, 4.69) is 5.32 Å². The zero-order valence-corrected chi connectivity index (χ0v) is 11.7. The normalized spacial score (nSPS) is 25.0. The van der Waals surface area contributed by atoms with Crippen molar-refractivity contribution in [3.63, 3.8) is 0 Å². The summed E-state index contributed by atoms with van der Waals surface area (Å²) in [5.41, 5.74) is 0.259. The van der Waals surface area contributed by atoms with Crippen LogP contribution in [0.25, 0.3) is 0 Å². The number of hydrogen-bond acceptors (Lipinski definition) is 5. The molecule has 2 N–H and O–H groups in total. The van der Waals surface area contributed by atoms with Gasteiger partial charge in [0.15, 0.2) is 0 Å². The van der Waals surface area contributed by atoms with Crippen LogP contribution in [0.4, 0.5) is 5.69 Å². The lowest BCUT2D eigenvalue weighted by Gasteiger charge is -2.26. The van der Waals surface area contributed by atoms with Crippen LogP contribution in [0.5, 0.6) is 0 Å². The van der Waals surface area contributed by atoms with Crippen LogP contribution in [0.15, 0.2) is 12.3 Å². The number of aromatic nitrogens is 1. The van der Waals surface area contributed by atoms with Gasteiger partial charge in [0.05, 0.1) is 23.3 Å². The van der Waals surface area contributed by atoms with E-state index in [0.29, 0.717) is 18.8 Å². The fourth-order valence-corrected chi connectivity index (χ4v) is 2.77. The van der Waals surface area contributed by atoms with Gasteiger partial charge in [0, 0.05) is 32.2 Å². The molecule has 0 radical (unpaired) electrons. The van der Waals surface area contributed by atoms with Crippen molar-refractivity contribution in [1.82, 2.24) is 14.8 Å². The molecule has 0 spiro atoms. The summed E-state index contributed by atoms with van der Waals surface area (Å²) in [5, 5.41) is 23.8. The molecule has 1 saturated carbocycles. The number of likely N-dealkylation sites (N-methyl/N-ethyl adjacent to an activating group) is 1. The summed E-state index contributed by atoms with van der Waals surface area (Å²) in [6, 6.07) is 1.20.